The predicted molar refractivity (Wildman–Crippen MR) is 120 cm³/mol. The van der Waals surface area contributed by atoms with Crippen LogP contribution < -0.4 is 19.1 Å². The van der Waals surface area contributed by atoms with Gasteiger partial charge in [0.25, 0.3) is 10.0 Å². The Balaban J connectivity index is 1.89. The second-order valence-electron chi connectivity index (χ2n) is 7.62. The molecule has 0 unspecified atom stereocenters. The molecule has 1 aliphatic rings. The van der Waals surface area contributed by atoms with E-state index in [-0.39, 0.29) is 23.4 Å². The second-order valence-corrected chi connectivity index (χ2v) is 9.48. The van der Waals surface area contributed by atoms with Gasteiger partial charge in [-0.3, -0.25) is 9.10 Å². The monoisotopic (exact) mass is 446 g/mol. The first-order valence-corrected chi connectivity index (χ1v) is 12.0. The number of ether oxygens (including phenoxy) is 2. The smallest absolute Gasteiger partial charge is 0.264 e. The third kappa shape index (κ3) is 5.70. The van der Waals surface area contributed by atoms with Crippen molar-refractivity contribution in [3.8, 4) is 11.5 Å². The first kappa shape index (κ1) is 22.9. The summed E-state index contributed by atoms with van der Waals surface area (Å²) in [6, 6.07) is 13.1. The summed E-state index contributed by atoms with van der Waals surface area (Å²) >= 11 is 0. The Hall–Kier alpha value is -2.74. The van der Waals surface area contributed by atoms with E-state index in [1.807, 2.05) is 0 Å². The molecular formula is C23H30N2O5S. The van der Waals surface area contributed by atoms with Crippen LogP contribution in [0.4, 0.5) is 5.69 Å². The van der Waals surface area contributed by atoms with Crippen molar-refractivity contribution in [3.05, 3.63) is 48.5 Å². The van der Waals surface area contributed by atoms with Gasteiger partial charge in [-0.05, 0) is 37.1 Å². The van der Waals surface area contributed by atoms with Crippen LogP contribution in [0.3, 0.4) is 0 Å². The van der Waals surface area contributed by atoms with Gasteiger partial charge in [0.1, 0.15) is 6.54 Å². The fraction of sp³-hybridized carbons (Fsp3) is 0.435. The van der Waals surface area contributed by atoms with Gasteiger partial charge in [-0.25, -0.2) is 8.42 Å². The van der Waals surface area contributed by atoms with Crippen molar-refractivity contribution in [2.75, 3.05) is 25.1 Å². The third-order valence-corrected chi connectivity index (χ3v) is 7.26. The predicted octanol–water partition coefficient (Wildman–Crippen LogP) is 3.74. The average molecular weight is 447 g/mol. The van der Waals surface area contributed by atoms with Crippen LogP contribution in [0.25, 0.3) is 0 Å². The van der Waals surface area contributed by atoms with Crippen LogP contribution >= 0.6 is 0 Å². The molecule has 0 aromatic heterocycles. The van der Waals surface area contributed by atoms with Gasteiger partial charge >= 0.3 is 0 Å². The molecule has 7 nitrogen and oxygen atoms in total. The third-order valence-electron chi connectivity index (χ3n) is 5.49. The molecule has 31 heavy (non-hydrogen) atoms. The number of amides is 1. The number of nitrogens with one attached hydrogen (secondary N) is 1. The molecule has 1 saturated carbocycles. The fourth-order valence-electron chi connectivity index (χ4n) is 3.84. The number of anilines is 1. The van der Waals surface area contributed by atoms with Gasteiger partial charge in [0, 0.05) is 12.1 Å². The molecule has 0 spiro atoms. The van der Waals surface area contributed by atoms with Gasteiger partial charge in [-0.15, -0.1) is 0 Å². The van der Waals surface area contributed by atoms with Crippen LogP contribution in [-0.4, -0.2) is 41.1 Å². The maximum absolute atomic E-state index is 13.5. The summed E-state index contributed by atoms with van der Waals surface area (Å²) < 4.78 is 38.7. The van der Waals surface area contributed by atoms with E-state index in [1.54, 1.807) is 36.4 Å². The highest BCUT2D eigenvalue weighted by Gasteiger charge is 2.29. The Kier molecular flexibility index (Phi) is 7.79. The zero-order valence-corrected chi connectivity index (χ0v) is 18.9. The van der Waals surface area contributed by atoms with Crippen LogP contribution in [0, 0.1) is 0 Å². The molecule has 1 aliphatic carbocycles. The van der Waals surface area contributed by atoms with Crippen LogP contribution in [0.5, 0.6) is 11.5 Å². The fourth-order valence-corrected chi connectivity index (χ4v) is 5.28. The van der Waals surface area contributed by atoms with Crippen molar-refractivity contribution in [2.45, 2.75) is 49.5 Å². The number of para-hydroxylation sites is 1. The minimum absolute atomic E-state index is 0.0243. The summed E-state index contributed by atoms with van der Waals surface area (Å²) in [6.45, 7) is -0.294. The molecule has 1 amide bonds. The largest absolute Gasteiger partial charge is 0.493 e. The number of sulfonamides is 1. The summed E-state index contributed by atoms with van der Waals surface area (Å²) in [5, 5.41) is 3.03. The number of carbonyl (C=O) groups excluding carboxylic acids is 1. The van der Waals surface area contributed by atoms with Gasteiger partial charge in [-0.1, -0.05) is 43.9 Å². The van der Waals surface area contributed by atoms with E-state index < -0.39 is 10.0 Å². The molecule has 1 N–H and O–H groups in total. The highest BCUT2D eigenvalue weighted by molar-refractivity contribution is 7.92. The quantitative estimate of drug-likeness (QED) is 0.625. The Labute approximate surface area is 184 Å². The highest BCUT2D eigenvalue weighted by atomic mass is 32.2. The first-order valence-electron chi connectivity index (χ1n) is 10.5. The Morgan fingerprint density at radius 3 is 2.23 bits per heavy atom. The molecule has 0 radical (unpaired) electrons. The number of rotatable bonds is 8. The van der Waals surface area contributed by atoms with Crippen molar-refractivity contribution in [3.63, 3.8) is 0 Å². The molecule has 0 saturated heterocycles. The summed E-state index contributed by atoms with van der Waals surface area (Å²) in [7, 11) is -1.08. The molecule has 0 atom stereocenters. The maximum atomic E-state index is 13.5. The molecule has 1 fully saturated rings. The van der Waals surface area contributed by atoms with E-state index in [1.165, 1.54) is 39.2 Å². The standard InChI is InChI=1S/C23H30N2O5S/c1-29-21-15-14-20(16-22(21)30-2)31(27,28)25(19-12-8-5-9-13-19)17-23(26)24-18-10-6-3-4-7-11-18/h5,8-9,12-16,18H,3-4,6-7,10-11,17H2,1-2H3,(H,24,26). The number of nitrogens with zero attached hydrogens (tertiary/aromatic N) is 1. The SMILES string of the molecule is COc1ccc(S(=O)(=O)N(CC(=O)NC2CCCCCC2)c2ccccc2)cc1OC. The molecular weight excluding hydrogens is 416 g/mol. The van der Waals surface area contributed by atoms with Gasteiger partial charge in [-0.2, -0.15) is 0 Å². The van der Waals surface area contributed by atoms with Crippen molar-refractivity contribution in [1.29, 1.82) is 0 Å². The summed E-state index contributed by atoms with van der Waals surface area (Å²) in [5.74, 6) is 0.429. The maximum Gasteiger partial charge on any atom is 0.264 e. The lowest BCUT2D eigenvalue weighted by molar-refractivity contribution is -0.120. The zero-order chi connectivity index (χ0) is 22.3. The van der Waals surface area contributed by atoms with Crippen LogP contribution in [0.15, 0.2) is 53.4 Å². The Morgan fingerprint density at radius 2 is 1.61 bits per heavy atom. The molecule has 3 rings (SSSR count). The van der Waals surface area contributed by atoms with Gasteiger partial charge < -0.3 is 14.8 Å². The van der Waals surface area contributed by atoms with Crippen LogP contribution in [0.2, 0.25) is 0 Å². The van der Waals surface area contributed by atoms with Crippen molar-refractivity contribution in [1.82, 2.24) is 5.32 Å². The Morgan fingerprint density at radius 1 is 0.968 bits per heavy atom. The number of benzene rings is 2. The van der Waals surface area contributed by atoms with E-state index in [0.29, 0.717) is 17.2 Å². The molecule has 0 aliphatic heterocycles. The number of methoxy groups -OCH3 is 2. The van der Waals surface area contributed by atoms with Crippen molar-refractivity contribution < 1.29 is 22.7 Å². The number of hydrogen-bond acceptors (Lipinski definition) is 5. The summed E-state index contributed by atoms with van der Waals surface area (Å²) in [6.07, 6.45) is 6.37. The first-order chi connectivity index (χ1) is 15.0. The van der Waals surface area contributed by atoms with Crippen LogP contribution in [-0.2, 0) is 14.8 Å². The average Bonchev–Trinajstić information content (AvgIpc) is 3.06. The van der Waals surface area contributed by atoms with E-state index >= 15 is 0 Å². The lowest BCUT2D eigenvalue weighted by Crippen LogP contribution is -2.44. The minimum Gasteiger partial charge on any atom is -0.493 e. The molecule has 8 heteroatoms. The zero-order valence-electron chi connectivity index (χ0n) is 18.0. The van der Waals surface area contributed by atoms with Gasteiger partial charge in [0.2, 0.25) is 5.91 Å². The van der Waals surface area contributed by atoms with Gasteiger partial charge in [0.05, 0.1) is 24.8 Å². The molecule has 168 valence electrons. The number of carbonyl (C=O) groups is 1. The second kappa shape index (κ2) is 10.5. The normalized spacial score (nSPS) is 15.0. The van der Waals surface area contributed by atoms with E-state index in [2.05, 4.69) is 5.32 Å². The van der Waals surface area contributed by atoms with Gasteiger partial charge in [0.15, 0.2) is 11.5 Å². The lowest BCUT2D eigenvalue weighted by Gasteiger charge is -2.26. The summed E-state index contributed by atoms with van der Waals surface area (Å²) in [4.78, 5) is 12.9. The van der Waals surface area contributed by atoms with E-state index in [4.69, 9.17) is 9.47 Å². The minimum atomic E-state index is -4.02. The van der Waals surface area contributed by atoms with Crippen molar-refractivity contribution >= 4 is 21.6 Å². The van der Waals surface area contributed by atoms with Crippen LogP contribution in [0.1, 0.15) is 38.5 Å². The lowest BCUT2D eigenvalue weighted by atomic mass is 10.1. The topological polar surface area (TPSA) is 84.9 Å². The highest BCUT2D eigenvalue weighted by Crippen LogP contribution is 2.32. The molecule has 2 aromatic rings. The Bertz CT molecular complexity index is 971. The van der Waals surface area contributed by atoms with E-state index in [9.17, 15) is 13.2 Å². The van der Waals surface area contributed by atoms with Crippen molar-refractivity contribution in [2.24, 2.45) is 0 Å². The number of hydrogen-bond donors (Lipinski definition) is 1. The van der Waals surface area contributed by atoms with E-state index in [0.717, 1.165) is 30.0 Å². The molecule has 2 aromatic carbocycles. The summed E-state index contributed by atoms with van der Waals surface area (Å²) in [5.41, 5.74) is 0.424. The molecule has 0 bridgehead atoms. The molecule has 0 heterocycles.